The number of nitrogens with zero attached hydrogens (tertiary/aromatic N) is 3. The summed E-state index contributed by atoms with van der Waals surface area (Å²) in [6, 6.07) is 14.9. The molecule has 1 atom stereocenters. The first-order valence-corrected chi connectivity index (χ1v) is 13.0. The van der Waals surface area contributed by atoms with Crippen molar-refractivity contribution in [1.82, 2.24) is 14.5 Å². The van der Waals surface area contributed by atoms with Gasteiger partial charge in [0.15, 0.2) is 0 Å². The topological polar surface area (TPSA) is 99.3 Å². The van der Waals surface area contributed by atoms with E-state index in [-0.39, 0.29) is 12.5 Å². The normalized spacial score (nSPS) is 12.2. The first-order valence-electron chi connectivity index (χ1n) is 11.6. The SMILES string of the molecule is CCCNC(=O)[C@H](CC)N(Cc1cccc(OC)c1)C(=O)CN(c1ccccc1)S(=O)(=O)N(C)C. The number of nitrogens with one attached hydrogen (secondary N) is 1. The van der Waals surface area contributed by atoms with Crippen molar-refractivity contribution in [2.75, 3.05) is 38.6 Å². The molecule has 0 bridgehead atoms. The van der Waals surface area contributed by atoms with Gasteiger partial charge in [0.1, 0.15) is 18.3 Å². The molecule has 0 saturated heterocycles. The summed E-state index contributed by atoms with van der Waals surface area (Å²) >= 11 is 0. The minimum absolute atomic E-state index is 0.124. The van der Waals surface area contributed by atoms with E-state index in [2.05, 4.69) is 5.32 Å². The van der Waals surface area contributed by atoms with E-state index in [1.165, 1.54) is 19.0 Å². The fourth-order valence-corrected chi connectivity index (χ4v) is 4.62. The zero-order valence-corrected chi connectivity index (χ0v) is 21.9. The zero-order chi connectivity index (χ0) is 26.0. The predicted octanol–water partition coefficient (Wildman–Crippen LogP) is 2.64. The van der Waals surface area contributed by atoms with Gasteiger partial charge in [-0.3, -0.25) is 9.59 Å². The third-order valence-electron chi connectivity index (χ3n) is 5.49. The van der Waals surface area contributed by atoms with Crippen LogP contribution >= 0.6 is 0 Å². The second kappa shape index (κ2) is 13.1. The van der Waals surface area contributed by atoms with E-state index in [0.717, 1.165) is 20.6 Å². The molecule has 0 saturated carbocycles. The number of carbonyl (C=O) groups is 2. The van der Waals surface area contributed by atoms with Gasteiger partial charge in [0.2, 0.25) is 11.8 Å². The number of carbonyl (C=O) groups excluding carboxylic acids is 2. The summed E-state index contributed by atoms with van der Waals surface area (Å²) in [5.41, 5.74) is 1.13. The summed E-state index contributed by atoms with van der Waals surface area (Å²) < 4.78 is 33.7. The van der Waals surface area contributed by atoms with Crippen molar-refractivity contribution < 1.29 is 22.7 Å². The molecule has 2 amide bonds. The molecule has 10 heteroatoms. The molecule has 0 spiro atoms. The molecule has 0 aromatic heterocycles. The Labute approximate surface area is 208 Å². The van der Waals surface area contributed by atoms with Gasteiger partial charge in [0, 0.05) is 27.2 Å². The van der Waals surface area contributed by atoms with Crippen molar-refractivity contribution in [3.8, 4) is 5.75 Å². The van der Waals surface area contributed by atoms with Crippen molar-refractivity contribution >= 4 is 27.7 Å². The van der Waals surface area contributed by atoms with E-state index in [4.69, 9.17) is 4.74 Å². The smallest absolute Gasteiger partial charge is 0.304 e. The highest BCUT2D eigenvalue weighted by molar-refractivity contribution is 7.90. The average Bonchev–Trinajstić information content (AvgIpc) is 2.86. The fraction of sp³-hybridized carbons (Fsp3) is 0.440. The molecule has 2 aromatic carbocycles. The predicted molar refractivity (Wildman–Crippen MR) is 137 cm³/mol. The third-order valence-corrected chi connectivity index (χ3v) is 7.31. The standard InChI is InChI=1S/C25H36N4O5S/c1-6-16-26-25(31)23(7-2)28(18-20-12-11-15-22(17-20)34-5)24(30)19-29(35(32,33)27(3)4)21-13-9-8-10-14-21/h8-15,17,23H,6-7,16,18-19H2,1-5H3,(H,26,31)/t23-/m0/s1. The Bertz CT molecular complexity index is 1080. The maximum atomic E-state index is 13.7. The Morgan fingerprint density at radius 2 is 1.71 bits per heavy atom. The molecule has 1 N–H and O–H groups in total. The Hall–Kier alpha value is -3.11. The molecule has 0 aliphatic rings. The molecular formula is C25H36N4O5S. The highest BCUT2D eigenvalue weighted by Crippen LogP contribution is 2.22. The van der Waals surface area contributed by atoms with Gasteiger partial charge < -0.3 is 15.0 Å². The number of methoxy groups -OCH3 is 1. The number of para-hydroxylation sites is 1. The number of ether oxygens (including phenoxy) is 1. The minimum Gasteiger partial charge on any atom is -0.497 e. The molecule has 0 aliphatic carbocycles. The molecule has 0 aliphatic heterocycles. The molecule has 0 heterocycles. The van der Waals surface area contributed by atoms with E-state index in [0.29, 0.717) is 24.4 Å². The highest BCUT2D eigenvalue weighted by atomic mass is 32.2. The lowest BCUT2D eigenvalue weighted by molar-refractivity contribution is -0.140. The molecule has 2 rings (SSSR count). The largest absolute Gasteiger partial charge is 0.497 e. The van der Waals surface area contributed by atoms with E-state index in [1.54, 1.807) is 49.6 Å². The van der Waals surface area contributed by atoms with Gasteiger partial charge in [-0.2, -0.15) is 12.7 Å². The molecule has 35 heavy (non-hydrogen) atoms. The van der Waals surface area contributed by atoms with Gasteiger partial charge in [0.25, 0.3) is 0 Å². The second-order valence-corrected chi connectivity index (χ2v) is 10.3. The minimum atomic E-state index is -3.97. The monoisotopic (exact) mass is 504 g/mol. The van der Waals surface area contributed by atoms with Crippen LogP contribution < -0.4 is 14.4 Å². The maximum Gasteiger partial charge on any atom is 0.304 e. The zero-order valence-electron chi connectivity index (χ0n) is 21.1. The van der Waals surface area contributed by atoms with Gasteiger partial charge in [0.05, 0.1) is 12.8 Å². The summed E-state index contributed by atoms with van der Waals surface area (Å²) in [4.78, 5) is 28.2. The van der Waals surface area contributed by atoms with Gasteiger partial charge in [-0.15, -0.1) is 0 Å². The van der Waals surface area contributed by atoms with Crippen LogP contribution in [0.2, 0.25) is 0 Å². The van der Waals surface area contributed by atoms with Crippen molar-refractivity contribution in [1.29, 1.82) is 0 Å². The summed E-state index contributed by atoms with van der Waals surface area (Å²) in [6.45, 7) is 3.93. The molecule has 0 radical (unpaired) electrons. The van der Waals surface area contributed by atoms with Gasteiger partial charge in [-0.1, -0.05) is 44.2 Å². The Kier molecular flexibility index (Phi) is 10.5. The van der Waals surface area contributed by atoms with Gasteiger partial charge in [-0.05, 0) is 42.7 Å². The van der Waals surface area contributed by atoms with E-state index in [1.807, 2.05) is 26.0 Å². The summed E-state index contributed by atoms with van der Waals surface area (Å²) in [7, 11) is 0.409. The van der Waals surface area contributed by atoms with E-state index in [9.17, 15) is 18.0 Å². The molecule has 0 unspecified atom stereocenters. The number of benzene rings is 2. The molecular weight excluding hydrogens is 468 g/mol. The first kappa shape index (κ1) is 28.1. The van der Waals surface area contributed by atoms with Crippen molar-refractivity contribution in [3.63, 3.8) is 0 Å². The quantitative estimate of drug-likeness (QED) is 0.452. The summed E-state index contributed by atoms with van der Waals surface area (Å²) in [6.07, 6.45) is 1.13. The van der Waals surface area contributed by atoms with Crippen molar-refractivity contribution in [2.45, 2.75) is 39.3 Å². The maximum absolute atomic E-state index is 13.7. The van der Waals surface area contributed by atoms with Crippen LogP contribution in [0.15, 0.2) is 54.6 Å². The number of anilines is 1. The van der Waals surface area contributed by atoms with Crippen molar-refractivity contribution in [3.05, 3.63) is 60.2 Å². The van der Waals surface area contributed by atoms with Crippen LogP contribution in [0.4, 0.5) is 5.69 Å². The van der Waals surface area contributed by atoms with Gasteiger partial charge in [-0.25, -0.2) is 4.31 Å². The lowest BCUT2D eigenvalue weighted by atomic mass is 10.1. The van der Waals surface area contributed by atoms with Crippen LogP contribution in [0.5, 0.6) is 5.75 Å². The van der Waals surface area contributed by atoms with Gasteiger partial charge >= 0.3 is 10.2 Å². The highest BCUT2D eigenvalue weighted by Gasteiger charge is 2.33. The molecule has 192 valence electrons. The summed E-state index contributed by atoms with van der Waals surface area (Å²) in [5, 5.41) is 2.86. The number of hydrogen-bond donors (Lipinski definition) is 1. The van der Waals surface area contributed by atoms with Crippen LogP contribution in [0.3, 0.4) is 0 Å². The van der Waals surface area contributed by atoms with E-state index < -0.39 is 28.7 Å². The Balaban J connectivity index is 2.47. The number of amides is 2. The lowest BCUT2D eigenvalue weighted by Crippen LogP contribution is -2.53. The fourth-order valence-electron chi connectivity index (χ4n) is 3.56. The third kappa shape index (κ3) is 7.43. The van der Waals surface area contributed by atoms with Crippen LogP contribution in [0.1, 0.15) is 32.3 Å². The Morgan fingerprint density at radius 3 is 2.29 bits per heavy atom. The van der Waals surface area contributed by atoms with Crippen LogP contribution in [-0.4, -0.2) is 69.8 Å². The Morgan fingerprint density at radius 1 is 1.03 bits per heavy atom. The number of hydrogen-bond acceptors (Lipinski definition) is 5. The first-order chi connectivity index (χ1) is 16.6. The molecule has 9 nitrogen and oxygen atoms in total. The van der Waals surface area contributed by atoms with Crippen LogP contribution in [0, 0.1) is 0 Å². The lowest BCUT2D eigenvalue weighted by Gasteiger charge is -2.34. The van der Waals surface area contributed by atoms with Crippen LogP contribution in [0.25, 0.3) is 0 Å². The number of rotatable bonds is 13. The van der Waals surface area contributed by atoms with Crippen molar-refractivity contribution in [2.24, 2.45) is 0 Å². The van der Waals surface area contributed by atoms with Crippen LogP contribution in [-0.2, 0) is 26.3 Å². The average molecular weight is 505 g/mol. The molecule has 0 fully saturated rings. The molecule has 2 aromatic rings. The van der Waals surface area contributed by atoms with E-state index >= 15 is 0 Å². The second-order valence-electron chi connectivity index (χ2n) is 8.22. The summed E-state index contributed by atoms with van der Waals surface area (Å²) in [5.74, 6) is -0.132.